The van der Waals surface area contributed by atoms with Crippen LogP contribution in [0, 0.1) is 11.8 Å². The number of esters is 1. The second-order valence-electron chi connectivity index (χ2n) is 5.43. The zero-order chi connectivity index (χ0) is 15.0. The Bertz CT molecular complexity index is 414. The fourth-order valence-electron chi connectivity index (χ4n) is 1.52. The van der Waals surface area contributed by atoms with Crippen LogP contribution in [-0.2, 0) is 4.74 Å². The number of hydrogen-bond donors (Lipinski definition) is 0. The van der Waals surface area contributed by atoms with Gasteiger partial charge in [-0.3, -0.25) is 0 Å². The molecular formula is C17H26O3. The normalized spacial score (nSPS) is 13.6. The Labute approximate surface area is 122 Å². The van der Waals surface area contributed by atoms with E-state index in [4.69, 9.17) is 9.47 Å². The molecule has 3 nitrogen and oxygen atoms in total. The summed E-state index contributed by atoms with van der Waals surface area (Å²) in [5, 5.41) is 0. The van der Waals surface area contributed by atoms with E-state index in [1.807, 2.05) is 18.2 Å². The summed E-state index contributed by atoms with van der Waals surface area (Å²) in [5.41, 5.74) is 0.513. The first-order valence-electron chi connectivity index (χ1n) is 7.47. The summed E-state index contributed by atoms with van der Waals surface area (Å²) < 4.78 is 11.1. The van der Waals surface area contributed by atoms with Crippen molar-refractivity contribution < 1.29 is 14.3 Å². The van der Waals surface area contributed by atoms with Gasteiger partial charge in [-0.2, -0.15) is 0 Å². The molecule has 0 N–H and O–H groups in total. The zero-order valence-corrected chi connectivity index (χ0v) is 13.0. The summed E-state index contributed by atoms with van der Waals surface area (Å²) in [7, 11) is 0. The van der Waals surface area contributed by atoms with Crippen molar-refractivity contribution in [3.8, 4) is 5.75 Å². The highest BCUT2D eigenvalue weighted by atomic mass is 16.5. The molecule has 0 aliphatic heterocycles. The molecular weight excluding hydrogens is 252 g/mol. The van der Waals surface area contributed by atoms with Gasteiger partial charge in [0, 0.05) is 0 Å². The fraction of sp³-hybridized carbons (Fsp3) is 0.588. The summed E-state index contributed by atoms with van der Waals surface area (Å²) in [5.74, 6) is 1.17. The standard InChI is InChI=1S/C17H26O3/c1-5-13(3)11-19-16-10-8-7-9-15(16)17(18)20-12-14(4)6-2/h7-10,13-14H,5-6,11-12H2,1-4H3. The molecule has 20 heavy (non-hydrogen) atoms. The summed E-state index contributed by atoms with van der Waals surface area (Å²) >= 11 is 0. The van der Waals surface area contributed by atoms with Crippen LogP contribution in [0.2, 0.25) is 0 Å². The Morgan fingerprint density at radius 2 is 1.65 bits per heavy atom. The number of rotatable bonds is 8. The molecule has 0 aliphatic rings. The highest BCUT2D eigenvalue weighted by Crippen LogP contribution is 2.20. The second-order valence-corrected chi connectivity index (χ2v) is 5.43. The van der Waals surface area contributed by atoms with Crippen molar-refractivity contribution in [1.82, 2.24) is 0 Å². The van der Waals surface area contributed by atoms with E-state index in [1.165, 1.54) is 0 Å². The van der Waals surface area contributed by atoms with Crippen molar-refractivity contribution >= 4 is 5.97 Å². The molecule has 0 saturated heterocycles. The summed E-state index contributed by atoms with van der Waals surface area (Å²) in [4.78, 5) is 12.1. The van der Waals surface area contributed by atoms with Gasteiger partial charge >= 0.3 is 5.97 Å². The molecule has 1 aromatic carbocycles. The number of ether oxygens (including phenoxy) is 2. The highest BCUT2D eigenvalue weighted by Gasteiger charge is 2.15. The van der Waals surface area contributed by atoms with Crippen LogP contribution in [0.5, 0.6) is 5.75 Å². The van der Waals surface area contributed by atoms with Gasteiger partial charge in [-0.15, -0.1) is 0 Å². The fourth-order valence-corrected chi connectivity index (χ4v) is 1.52. The molecule has 0 saturated carbocycles. The number of hydrogen-bond acceptors (Lipinski definition) is 3. The van der Waals surface area contributed by atoms with E-state index in [0.717, 1.165) is 12.8 Å². The number of benzene rings is 1. The van der Waals surface area contributed by atoms with Crippen molar-refractivity contribution in [2.24, 2.45) is 11.8 Å². The van der Waals surface area contributed by atoms with Gasteiger partial charge in [0.25, 0.3) is 0 Å². The maximum Gasteiger partial charge on any atom is 0.341 e. The van der Waals surface area contributed by atoms with E-state index < -0.39 is 0 Å². The van der Waals surface area contributed by atoms with Crippen LogP contribution in [0.4, 0.5) is 0 Å². The average molecular weight is 278 g/mol. The van der Waals surface area contributed by atoms with Gasteiger partial charge in [0.05, 0.1) is 13.2 Å². The van der Waals surface area contributed by atoms with Crippen molar-refractivity contribution in [2.45, 2.75) is 40.5 Å². The molecule has 1 rings (SSSR count). The minimum absolute atomic E-state index is 0.301. The molecule has 0 amide bonds. The number of para-hydroxylation sites is 1. The molecule has 2 unspecified atom stereocenters. The molecule has 0 radical (unpaired) electrons. The Balaban J connectivity index is 2.66. The third-order valence-corrected chi connectivity index (χ3v) is 3.52. The maximum absolute atomic E-state index is 12.1. The van der Waals surface area contributed by atoms with E-state index in [-0.39, 0.29) is 5.97 Å². The topological polar surface area (TPSA) is 35.5 Å². The number of carbonyl (C=O) groups excluding carboxylic acids is 1. The third-order valence-electron chi connectivity index (χ3n) is 3.52. The monoisotopic (exact) mass is 278 g/mol. The van der Waals surface area contributed by atoms with Crippen LogP contribution in [0.3, 0.4) is 0 Å². The lowest BCUT2D eigenvalue weighted by Gasteiger charge is -2.15. The largest absolute Gasteiger partial charge is 0.492 e. The van der Waals surface area contributed by atoms with Crippen molar-refractivity contribution in [3.63, 3.8) is 0 Å². The van der Waals surface area contributed by atoms with Gasteiger partial charge in [0.2, 0.25) is 0 Å². The van der Waals surface area contributed by atoms with Crippen LogP contribution in [-0.4, -0.2) is 19.2 Å². The van der Waals surface area contributed by atoms with Crippen LogP contribution in [0.25, 0.3) is 0 Å². The van der Waals surface area contributed by atoms with Crippen molar-refractivity contribution in [1.29, 1.82) is 0 Å². The Morgan fingerprint density at radius 3 is 2.30 bits per heavy atom. The van der Waals surface area contributed by atoms with E-state index in [2.05, 4.69) is 27.7 Å². The van der Waals surface area contributed by atoms with Gasteiger partial charge in [0.1, 0.15) is 11.3 Å². The minimum Gasteiger partial charge on any atom is -0.492 e. The van der Waals surface area contributed by atoms with Gasteiger partial charge < -0.3 is 9.47 Å². The molecule has 0 heterocycles. The lowest BCUT2D eigenvalue weighted by molar-refractivity contribution is 0.0442. The molecule has 2 atom stereocenters. The quantitative estimate of drug-likeness (QED) is 0.664. The zero-order valence-electron chi connectivity index (χ0n) is 13.0. The van der Waals surface area contributed by atoms with Crippen LogP contribution >= 0.6 is 0 Å². The third kappa shape index (κ3) is 5.24. The van der Waals surface area contributed by atoms with E-state index >= 15 is 0 Å². The average Bonchev–Trinajstić information content (AvgIpc) is 2.49. The van der Waals surface area contributed by atoms with Gasteiger partial charge in [0.15, 0.2) is 0 Å². The van der Waals surface area contributed by atoms with E-state index in [0.29, 0.717) is 36.4 Å². The second kappa shape index (κ2) is 8.62. The minimum atomic E-state index is -0.301. The molecule has 0 aliphatic carbocycles. The maximum atomic E-state index is 12.1. The Kier molecular flexibility index (Phi) is 7.13. The van der Waals surface area contributed by atoms with Gasteiger partial charge in [-0.25, -0.2) is 4.79 Å². The summed E-state index contributed by atoms with van der Waals surface area (Å²) in [6.45, 7) is 9.48. The van der Waals surface area contributed by atoms with Gasteiger partial charge in [-0.1, -0.05) is 52.7 Å². The van der Waals surface area contributed by atoms with Gasteiger partial charge in [-0.05, 0) is 24.0 Å². The Morgan fingerprint density at radius 1 is 1.05 bits per heavy atom. The molecule has 0 spiro atoms. The molecule has 0 bridgehead atoms. The lowest BCUT2D eigenvalue weighted by atomic mass is 10.1. The van der Waals surface area contributed by atoms with Crippen LogP contribution in [0.1, 0.15) is 50.9 Å². The van der Waals surface area contributed by atoms with E-state index in [1.54, 1.807) is 6.07 Å². The first kappa shape index (κ1) is 16.5. The van der Waals surface area contributed by atoms with Crippen LogP contribution < -0.4 is 4.74 Å². The molecule has 112 valence electrons. The summed E-state index contributed by atoms with van der Waals surface area (Å²) in [6.07, 6.45) is 2.06. The van der Waals surface area contributed by atoms with Crippen molar-refractivity contribution in [2.75, 3.05) is 13.2 Å². The first-order chi connectivity index (χ1) is 9.58. The number of carbonyl (C=O) groups is 1. The molecule has 1 aromatic rings. The predicted molar refractivity (Wildman–Crippen MR) is 81.1 cm³/mol. The molecule has 0 aromatic heterocycles. The summed E-state index contributed by atoms with van der Waals surface area (Å²) in [6, 6.07) is 7.28. The Hall–Kier alpha value is -1.51. The molecule has 3 heteroatoms. The molecule has 0 fully saturated rings. The SMILES string of the molecule is CCC(C)COC(=O)c1ccccc1OCC(C)CC. The highest BCUT2D eigenvalue weighted by molar-refractivity contribution is 5.92. The van der Waals surface area contributed by atoms with Crippen LogP contribution in [0.15, 0.2) is 24.3 Å². The smallest absolute Gasteiger partial charge is 0.341 e. The van der Waals surface area contributed by atoms with Crippen molar-refractivity contribution in [3.05, 3.63) is 29.8 Å². The predicted octanol–water partition coefficient (Wildman–Crippen LogP) is 4.31. The first-order valence-corrected chi connectivity index (χ1v) is 7.47. The van der Waals surface area contributed by atoms with E-state index in [9.17, 15) is 4.79 Å². The lowest BCUT2D eigenvalue weighted by Crippen LogP contribution is -2.14.